The van der Waals surface area contributed by atoms with Crippen molar-refractivity contribution >= 4 is 38.1 Å². The highest BCUT2D eigenvalue weighted by molar-refractivity contribution is 7.93. The van der Waals surface area contributed by atoms with Gasteiger partial charge >= 0.3 is 0 Å². The first-order chi connectivity index (χ1) is 13.9. The van der Waals surface area contributed by atoms with Crippen molar-refractivity contribution in [2.75, 3.05) is 18.0 Å². The highest BCUT2D eigenvalue weighted by atomic mass is 32.2. The molecule has 7 nitrogen and oxygen atoms in total. The highest BCUT2D eigenvalue weighted by Gasteiger charge is 2.36. The Morgan fingerprint density at radius 3 is 2.55 bits per heavy atom. The summed E-state index contributed by atoms with van der Waals surface area (Å²) in [6.07, 6.45) is 0. The number of benzene rings is 3. The monoisotopic (exact) mass is 409 g/mol. The molecular formula is C21H19N3O4S. The molecule has 4 rings (SSSR count). The zero-order valence-corrected chi connectivity index (χ0v) is 16.7. The first-order valence-corrected chi connectivity index (χ1v) is 10.4. The summed E-state index contributed by atoms with van der Waals surface area (Å²) in [6.45, 7) is 1.38. The number of carbonyl (C=O) groups is 1. The average Bonchev–Trinajstić information content (AvgIpc) is 2.95. The fourth-order valence-corrected chi connectivity index (χ4v) is 5.11. The van der Waals surface area contributed by atoms with E-state index in [2.05, 4.69) is 10.5 Å². The Balaban J connectivity index is 1.57. The van der Waals surface area contributed by atoms with E-state index in [0.717, 1.165) is 15.3 Å². The molecule has 0 aliphatic carbocycles. The zero-order chi connectivity index (χ0) is 20.6. The van der Waals surface area contributed by atoms with Crippen LogP contribution in [0.2, 0.25) is 0 Å². The van der Waals surface area contributed by atoms with Crippen molar-refractivity contribution in [2.45, 2.75) is 11.8 Å². The minimum atomic E-state index is -3.79. The van der Waals surface area contributed by atoms with Crippen LogP contribution >= 0.6 is 0 Å². The largest absolute Gasteiger partial charge is 0.496 e. The van der Waals surface area contributed by atoms with Crippen molar-refractivity contribution in [1.29, 1.82) is 0 Å². The molecule has 1 amide bonds. The fraction of sp³-hybridized carbons (Fsp3) is 0.143. The van der Waals surface area contributed by atoms with Gasteiger partial charge in [-0.1, -0.05) is 36.4 Å². The van der Waals surface area contributed by atoms with Crippen LogP contribution in [0.25, 0.3) is 10.8 Å². The second kappa shape index (κ2) is 7.21. The third-order valence-electron chi connectivity index (χ3n) is 4.81. The Kier molecular flexibility index (Phi) is 4.71. The molecule has 3 aromatic rings. The lowest BCUT2D eigenvalue weighted by Gasteiger charge is -2.17. The van der Waals surface area contributed by atoms with Crippen LogP contribution in [-0.2, 0) is 14.8 Å². The number of hydrogen-bond acceptors (Lipinski definition) is 5. The van der Waals surface area contributed by atoms with Gasteiger partial charge in [0, 0.05) is 10.9 Å². The number of amides is 1. The molecule has 0 radical (unpaired) electrons. The van der Waals surface area contributed by atoms with Crippen LogP contribution in [0, 0.1) is 0 Å². The van der Waals surface area contributed by atoms with E-state index in [1.807, 2.05) is 30.3 Å². The summed E-state index contributed by atoms with van der Waals surface area (Å²) in [7, 11) is -2.23. The lowest BCUT2D eigenvalue weighted by atomic mass is 10.1. The van der Waals surface area contributed by atoms with Crippen molar-refractivity contribution < 1.29 is 17.9 Å². The molecule has 1 heterocycles. The third-order valence-corrected chi connectivity index (χ3v) is 6.62. The van der Waals surface area contributed by atoms with E-state index in [4.69, 9.17) is 4.74 Å². The van der Waals surface area contributed by atoms with Crippen molar-refractivity contribution in [3.8, 4) is 5.75 Å². The average molecular weight is 409 g/mol. The quantitative estimate of drug-likeness (QED) is 0.518. The number of rotatable bonds is 5. The predicted octanol–water partition coefficient (Wildman–Crippen LogP) is 2.90. The molecule has 1 N–H and O–H groups in total. The highest BCUT2D eigenvalue weighted by Crippen LogP contribution is 2.41. The van der Waals surface area contributed by atoms with E-state index >= 15 is 0 Å². The number of nitrogens with one attached hydrogen (secondary N) is 1. The number of para-hydroxylation sites is 1. The number of methoxy groups -OCH3 is 1. The molecule has 0 saturated carbocycles. The van der Waals surface area contributed by atoms with E-state index in [0.29, 0.717) is 22.5 Å². The summed E-state index contributed by atoms with van der Waals surface area (Å²) in [5, 5.41) is 5.56. The minimum absolute atomic E-state index is 0.215. The standard InChI is InChI=1S/C21H19N3O4S/c1-14(16-9-3-4-11-18(16)28-2)22-23-20(25)13-24-17-10-5-7-15-8-6-12-19(21(15)17)29(24,26)27/h3-12H,13H2,1-2H3,(H,23,25)/b22-14-. The molecule has 1 aliphatic rings. The van der Waals surface area contributed by atoms with Crippen LogP contribution in [0.4, 0.5) is 5.69 Å². The van der Waals surface area contributed by atoms with Gasteiger partial charge in [0.05, 0.1) is 23.4 Å². The Morgan fingerprint density at radius 2 is 1.79 bits per heavy atom. The van der Waals surface area contributed by atoms with Gasteiger partial charge in [-0.05, 0) is 36.6 Å². The second-order valence-electron chi connectivity index (χ2n) is 6.58. The fourth-order valence-electron chi connectivity index (χ4n) is 3.44. The van der Waals surface area contributed by atoms with Gasteiger partial charge in [-0.25, -0.2) is 13.8 Å². The maximum absolute atomic E-state index is 12.9. The molecule has 0 atom stereocenters. The smallest absolute Gasteiger partial charge is 0.265 e. The molecule has 0 fully saturated rings. The Labute approximate surface area is 168 Å². The first kappa shape index (κ1) is 18.9. The SMILES string of the molecule is COc1ccccc1/C(C)=N\NC(=O)CN1c2cccc3cccc(c23)S1(=O)=O. The maximum atomic E-state index is 12.9. The number of nitrogens with zero attached hydrogens (tertiary/aromatic N) is 2. The summed E-state index contributed by atoms with van der Waals surface area (Å²) in [4.78, 5) is 12.7. The van der Waals surface area contributed by atoms with Gasteiger partial charge in [0.2, 0.25) is 0 Å². The van der Waals surface area contributed by atoms with Crippen LogP contribution in [0.5, 0.6) is 5.75 Å². The second-order valence-corrected chi connectivity index (χ2v) is 8.41. The molecule has 0 unspecified atom stereocenters. The molecule has 3 aromatic carbocycles. The van der Waals surface area contributed by atoms with Gasteiger partial charge in [0.25, 0.3) is 15.9 Å². The molecular weight excluding hydrogens is 390 g/mol. The summed E-state index contributed by atoms with van der Waals surface area (Å²) in [6, 6.07) is 17.7. The van der Waals surface area contributed by atoms with Crippen LogP contribution < -0.4 is 14.5 Å². The van der Waals surface area contributed by atoms with Crippen molar-refractivity contribution in [3.05, 3.63) is 66.2 Å². The number of carbonyl (C=O) groups excluding carboxylic acids is 1. The van der Waals surface area contributed by atoms with Crippen LogP contribution in [0.15, 0.2) is 70.7 Å². The number of ether oxygens (including phenoxy) is 1. The van der Waals surface area contributed by atoms with Gasteiger partial charge in [0.1, 0.15) is 12.3 Å². The van der Waals surface area contributed by atoms with Gasteiger partial charge < -0.3 is 4.74 Å². The summed E-state index contributed by atoms with van der Waals surface area (Å²) < 4.78 is 32.3. The molecule has 0 aromatic heterocycles. The minimum Gasteiger partial charge on any atom is -0.496 e. The van der Waals surface area contributed by atoms with E-state index in [1.54, 1.807) is 44.4 Å². The van der Waals surface area contributed by atoms with Crippen LogP contribution in [-0.4, -0.2) is 33.7 Å². The van der Waals surface area contributed by atoms with Crippen molar-refractivity contribution in [1.82, 2.24) is 5.43 Å². The van der Waals surface area contributed by atoms with Gasteiger partial charge in [-0.15, -0.1) is 0 Å². The van der Waals surface area contributed by atoms with E-state index < -0.39 is 15.9 Å². The van der Waals surface area contributed by atoms with Gasteiger partial charge in [-0.2, -0.15) is 5.10 Å². The number of sulfonamides is 1. The van der Waals surface area contributed by atoms with E-state index in [9.17, 15) is 13.2 Å². The Morgan fingerprint density at radius 1 is 1.07 bits per heavy atom. The van der Waals surface area contributed by atoms with Gasteiger partial charge in [-0.3, -0.25) is 9.10 Å². The molecule has 8 heteroatoms. The van der Waals surface area contributed by atoms with Crippen LogP contribution in [0.1, 0.15) is 12.5 Å². The lowest BCUT2D eigenvalue weighted by Crippen LogP contribution is -2.37. The lowest BCUT2D eigenvalue weighted by molar-refractivity contribution is -0.119. The topological polar surface area (TPSA) is 88.1 Å². The summed E-state index contributed by atoms with van der Waals surface area (Å²) in [5.74, 6) is 0.0971. The molecule has 0 bridgehead atoms. The van der Waals surface area contributed by atoms with Crippen molar-refractivity contribution in [3.63, 3.8) is 0 Å². The molecule has 0 spiro atoms. The number of anilines is 1. The Bertz CT molecular complexity index is 1250. The maximum Gasteiger partial charge on any atom is 0.265 e. The van der Waals surface area contributed by atoms with E-state index in [1.165, 1.54) is 0 Å². The third kappa shape index (κ3) is 3.21. The van der Waals surface area contributed by atoms with Gasteiger partial charge in [0.15, 0.2) is 0 Å². The number of hydrazone groups is 1. The van der Waals surface area contributed by atoms with Crippen molar-refractivity contribution in [2.24, 2.45) is 5.10 Å². The van der Waals surface area contributed by atoms with E-state index in [-0.39, 0.29) is 11.4 Å². The molecule has 0 saturated heterocycles. The zero-order valence-electron chi connectivity index (χ0n) is 15.9. The molecule has 29 heavy (non-hydrogen) atoms. The normalized spacial score (nSPS) is 14.8. The van der Waals surface area contributed by atoms with Crippen LogP contribution in [0.3, 0.4) is 0 Å². The summed E-state index contributed by atoms with van der Waals surface area (Å²) >= 11 is 0. The first-order valence-electron chi connectivity index (χ1n) is 8.94. The molecule has 1 aliphatic heterocycles. The number of hydrogen-bond donors (Lipinski definition) is 1. The predicted molar refractivity (Wildman–Crippen MR) is 112 cm³/mol. The summed E-state index contributed by atoms with van der Waals surface area (Å²) in [5.41, 5.74) is 4.23. The Hall–Kier alpha value is -3.39. The molecule has 148 valence electrons.